The molecule has 21 heavy (non-hydrogen) atoms. The average Bonchev–Trinajstić information content (AvgIpc) is 2.48. The lowest BCUT2D eigenvalue weighted by Gasteiger charge is -2.12. The number of anilines is 2. The van der Waals surface area contributed by atoms with E-state index < -0.39 is 0 Å². The van der Waals surface area contributed by atoms with Gasteiger partial charge in [0.2, 0.25) is 0 Å². The highest BCUT2D eigenvalue weighted by Gasteiger charge is 2.13. The molecule has 0 unspecified atom stereocenters. The van der Waals surface area contributed by atoms with E-state index in [1.807, 2.05) is 13.0 Å². The number of nitrogens with two attached hydrogens (primary N) is 1. The Morgan fingerprint density at radius 2 is 1.86 bits per heavy atom. The maximum Gasteiger partial charge on any atom is 0.259 e. The lowest BCUT2D eigenvalue weighted by molar-refractivity contribution is 0.102. The van der Waals surface area contributed by atoms with E-state index in [-0.39, 0.29) is 5.91 Å². The van der Waals surface area contributed by atoms with Crippen LogP contribution in [0.5, 0.6) is 11.5 Å². The summed E-state index contributed by atoms with van der Waals surface area (Å²) in [5.41, 5.74) is 8.30. The Morgan fingerprint density at radius 3 is 2.48 bits per heavy atom. The molecule has 1 amide bonds. The zero-order chi connectivity index (χ0) is 15.4. The van der Waals surface area contributed by atoms with Crippen molar-refractivity contribution in [3.8, 4) is 11.5 Å². The van der Waals surface area contributed by atoms with Crippen LogP contribution in [-0.2, 0) is 0 Å². The lowest BCUT2D eigenvalue weighted by atomic mass is 10.1. The molecule has 0 spiro atoms. The zero-order valence-electron chi connectivity index (χ0n) is 12.3. The molecular formula is C16H18N2O3. The first-order valence-electron chi connectivity index (χ1n) is 6.44. The average molecular weight is 286 g/mol. The molecule has 0 atom stereocenters. The van der Waals surface area contributed by atoms with E-state index in [4.69, 9.17) is 15.2 Å². The van der Waals surface area contributed by atoms with Crippen LogP contribution in [0.1, 0.15) is 15.9 Å². The molecule has 0 aliphatic carbocycles. The van der Waals surface area contributed by atoms with Crippen molar-refractivity contribution in [2.75, 3.05) is 25.3 Å². The number of amides is 1. The number of benzene rings is 2. The van der Waals surface area contributed by atoms with E-state index in [0.29, 0.717) is 17.0 Å². The van der Waals surface area contributed by atoms with E-state index in [9.17, 15) is 4.79 Å². The van der Waals surface area contributed by atoms with Gasteiger partial charge in [0, 0.05) is 17.4 Å². The highest BCUT2D eigenvalue weighted by Crippen LogP contribution is 2.25. The third kappa shape index (κ3) is 3.25. The first-order chi connectivity index (χ1) is 10.0. The van der Waals surface area contributed by atoms with E-state index in [0.717, 1.165) is 17.0 Å². The Kier molecular flexibility index (Phi) is 4.33. The van der Waals surface area contributed by atoms with Crippen LogP contribution in [0, 0.1) is 6.92 Å². The highest BCUT2D eigenvalue weighted by molar-refractivity contribution is 6.06. The van der Waals surface area contributed by atoms with Gasteiger partial charge in [-0.05, 0) is 42.8 Å². The minimum absolute atomic E-state index is 0.250. The van der Waals surface area contributed by atoms with Crippen molar-refractivity contribution in [2.45, 2.75) is 6.92 Å². The molecule has 0 aliphatic rings. The van der Waals surface area contributed by atoms with Crippen LogP contribution in [0.3, 0.4) is 0 Å². The quantitative estimate of drug-likeness (QED) is 0.848. The number of rotatable bonds is 4. The number of aryl methyl sites for hydroxylation is 1. The van der Waals surface area contributed by atoms with Gasteiger partial charge in [0.25, 0.3) is 5.91 Å². The van der Waals surface area contributed by atoms with Crippen molar-refractivity contribution >= 4 is 17.3 Å². The fourth-order valence-corrected chi connectivity index (χ4v) is 1.99. The predicted molar refractivity (Wildman–Crippen MR) is 83.1 cm³/mol. The third-order valence-electron chi connectivity index (χ3n) is 3.15. The molecule has 0 aliphatic heterocycles. The van der Waals surface area contributed by atoms with Crippen molar-refractivity contribution in [1.82, 2.24) is 0 Å². The Bertz CT molecular complexity index is 669. The van der Waals surface area contributed by atoms with Crippen LogP contribution in [0.2, 0.25) is 0 Å². The SMILES string of the molecule is COc1ccc(NC(=O)c2ccc(N)cc2OC)c(C)c1. The summed E-state index contributed by atoms with van der Waals surface area (Å²) in [4.78, 5) is 12.3. The van der Waals surface area contributed by atoms with Gasteiger partial charge < -0.3 is 20.5 Å². The van der Waals surface area contributed by atoms with Crippen LogP contribution in [0.25, 0.3) is 0 Å². The van der Waals surface area contributed by atoms with Crippen LogP contribution >= 0.6 is 0 Å². The van der Waals surface area contributed by atoms with E-state index >= 15 is 0 Å². The van der Waals surface area contributed by atoms with Crippen molar-refractivity contribution < 1.29 is 14.3 Å². The van der Waals surface area contributed by atoms with Crippen LogP contribution in [0.4, 0.5) is 11.4 Å². The Morgan fingerprint density at radius 1 is 1.10 bits per heavy atom. The fraction of sp³-hybridized carbons (Fsp3) is 0.188. The summed E-state index contributed by atoms with van der Waals surface area (Å²) in [6.45, 7) is 1.90. The van der Waals surface area contributed by atoms with Gasteiger partial charge in [-0.25, -0.2) is 0 Å². The van der Waals surface area contributed by atoms with E-state index in [2.05, 4.69) is 5.32 Å². The van der Waals surface area contributed by atoms with Crippen molar-refractivity contribution in [1.29, 1.82) is 0 Å². The molecule has 0 aromatic heterocycles. The molecule has 2 rings (SSSR count). The number of nitrogens with one attached hydrogen (secondary N) is 1. The third-order valence-corrected chi connectivity index (χ3v) is 3.15. The minimum Gasteiger partial charge on any atom is -0.497 e. The highest BCUT2D eigenvalue weighted by atomic mass is 16.5. The van der Waals surface area contributed by atoms with Gasteiger partial charge in [0.05, 0.1) is 19.8 Å². The summed E-state index contributed by atoms with van der Waals surface area (Å²) in [6.07, 6.45) is 0. The summed E-state index contributed by atoms with van der Waals surface area (Å²) in [5, 5.41) is 2.86. The fourth-order valence-electron chi connectivity index (χ4n) is 1.99. The number of nitrogen functional groups attached to an aromatic ring is 1. The maximum atomic E-state index is 12.3. The van der Waals surface area contributed by atoms with Gasteiger partial charge in [-0.2, -0.15) is 0 Å². The van der Waals surface area contributed by atoms with Crippen LogP contribution in [0.15, 0.2) is 36.4 Å². The molecule has 5 heteroatoms. The molecule has 0 heterocycles. The number of methoxy groups -OCH3 is 2. The van der Waals surface area contributed by atoms with Gasteiger partial charge in [0.1, 0.15) is 11.5 Å². The number of hydrogen-bond acceptors (Lipinski definition) is 4. The normalized spacial score (nSPS) is 10.0. The summed E-state index contributed by atoms with van der Waals surface area (Å²) in [6, 6.07) is 10.4. The Balaban J connectivity index is 2.26. The molecule has 110 valence electrons. The van der Waals surface area contributed by atoms with Gasteiger partial charge >= 0.3 is 0 Å². The first kappa shape index (κ1) is 14.7. The molecule has 3 N–H and O–H groups in total. The second-order valence-electron chi connectivity index (χ2n) is 4.59. The number of ether oxygens (including phenoxy) is 2. The molecule has 2 aromatic carbocycles. The number of carbonyl (C=O) groups is 1. The molecule has 0 bridgehead atoms. The number of carbonyl (C=O) groups excluding carboxylic acids is 1. The monoisotopic (exact) mass is 286 g/mol. The second kappa shape index (κ2) is 6.17. The second-order valence-corrected chi connectivity index (χ2v) is 4.59. The molecule has 2 aromatic rings. The smallest absolute Gasteiger partial charge is 0.259 e. The van der Waals surface area contributed by atoms with Crippen LogP contribution < -0.4 is 20.5 Å². The molecular weight excluding hydrogens is 268 g/mol. The predicted octanol–water partition coefficient (Wildman–Crippen LogP) is 2.85. The Labute approximate surface area is 123 Å². The van der Waals surface area contributed by atoms with Gasteiger partial charge in [-0.15, -0.1) is 0 Å². The summed E-state index contributed by atoms with van der Waals surface area (Å²) >= 11 is 0. The van der Waals surface area contributed by atoms with Gasteiger partial charge in [-0.3, -0.25) is 4.79 Å². The number of hydrogen-bond donors (Lipinski definition) is 2. The van der Waals surface area contributed by atoms with Crippen molar-refractivity contribution in [3.05, 3.63) is 47.5 Å². The Hall–Kier alpha value is -2.69. The molecule has 0 radical (unpaired) electrons. The summed E-state index contributed by atoms with van der Waals surface area (Å²) < 4.78 is 10.3. The molecule has 0 saturated heterocycles. The van der Waals surface area contributed by atoms with Gasteiger partial charge in [0.15, 0.2) is 0 Å². The molecule has 5 nitrogen and oxygen atoms in total. The topological polar surface area (TPSA) is 73.6 Å². The molecule has 0 fully saturated rings. The minimum atomic E-state index is -0.250. The summed E-state index contributed by atoms with van der Waals surface area (Å²) in [5.74, 6) is 0.939. The van der Waals surface area contributed by atoms with E-state index in [1.54, 1.807) is 37.4 Å². The van der Waals surface area contributed by atoms with E-state index in [1.165, 1.54) is 7.11 Å². The lowest BCUT2D eigenvalue weighted by Crippen LogP contribution is -2.14. The summed E-state index contributed by atoms with van der Waals surface area (Å²) in [7, 11) is 3.11. The zero-order valence-corrected chi connectivity index (χ0v) is 12.3. The molecule has 0 saturated carbocycles. The van der Waals surface area contributed by atoms with Crippen molar-refractivity contribution in [2.24, 2.45) is 0 Å². The maximum absolute atomic E-state index is 12.3. The standard InChI is InChI=1S/C16H18N2O3/c1-10-8-12(20-2)5-7-14(10)18-16(19)13-6-4-11(17)9-15(13)21-3/h4-9H,17H2,1-3H3,(H,18,19). The van der Waals surface area contributed by atoms with Crippen LogP contribution in [-0.4, -0.2) is 20.1 Å². The first-order valence-corrected chi connectivity index (χ1v) is 6.44. The van der Waals surface area contributed by atoms with Gasteiger partial charge in [-0.1, -0.05) is 0 Å². The van der Waals surface area contributed by atoms with Crippen molar-refractivity contribution in [3.63, 3.8) is 0 Å². The largest absolute Gasteiger partial charge is 0.497 e.